The van der Waals surface area contributed by atoms with Crippen molar-refractivity contribution in [3.8, 4) is 0 Å². The molecule has 1 aliphatic rings. The molecule has 2 amide bonds. The van der Waals surface area contributed by atoms with E-state index in [1.807, 2.05) is 19.9 Å². The van der Waals surface area contributed by atoms with E-state index in [0.29, 0.717) is 25.5 Å². The van der Waals surface area contributed by atoms with Gasteiger partial charge in [-0.1, -0.05) is 6.07 Å². The number of carbonyl (C=O) groups excluding carboxylic acids is 2. The van der Waals surface area contributed by atoms with Crippen LogP contribution in [-0.2, 0) is 9.53 Å². The topological polar surface area (TPSA) is 85.5 Å². The third kappa shape index (κ3) is 3.14. The lowest BCUT2D eigenvalue weighted by Crippen LogP contribution is -2.50. The average molecular weight is 277 g/mol. The summed E-state index contributed by atoms with van der Waals surface area (Å²) < 4.78 is 5.33. The van der Waals surface area contributed by atoms with Gasteiger partial charge < -0.3 is 15.4 Å². The van der Waals surface area contributed by atoms with Crippen LogP contribution in [-0.4, -0.2) is 47.5 Å². The molecule has 6 heteroatoms. The summed E-state index contributed by atoms with van der Waals surface area (Å²) in [6.45, 7) is 5.03. The molecule has 0 bridgehead atoms. The van der Waals surface area contributed by atoms with Crippen molar-refractivity contribution in [2.45, 2.75) is 26.3 Å². The van der Waals surface area contributed by atoms with Gasteiger partial charge in [-0.05, 0) is 25.0 Å². The second-order valence-corrected chi connectivity index (χ2v) is 5.08. The van der Waals surface area contributed by atoms with Crippen LogP contribution in [0.25, 0.3) is 0 Å². The van der Waals surface area contributed by atoms with Crippen LogP contribution in [0.3, 0.4) is 0 Å². The fourth-order valence-electron chi connectivity index (χ4n) is 2.40. The maximum absolute atomic E-state index is 12.6. The van der Waals surface area contributed by atoms with Crippen LogP contribution in [0.5, 0.6) is 0 Å². The highest BCUT2D eigenvalue weighted by Gasteiger charge is 2.30. The van der Waals surface area contributed by atoms with Crippen molar-refractivity contribution in [2.75, 3.05) is 19.8 Å². The number of rotatable bonds is 3. The normalized spacial score (nSPS) is 18.9. The van der Waals surface area contributed by atoms with Gasteiger partial charge in [-0.2, -0.15) is 0 Å². The largest absolute Gasteiger partial charge is 0.377 e. The molecule has 1 aliphatic heterocycles. The van der Waals surface area contributed by atoms with Crippen molar-refractivity contribution in [1.82, 2.24) is 9.88 Å². The summed E-state index contributed by atoms with van der Waals surface area (Å²) in [5, 5.41) is 0. The van der Waals surface area contributed by atoms with Gasteiger partial charge in [-0.25, -0.2) is 0 Å². The molecule has 1 aromatic rings. The van der Waals surface area contributed by atoms with Gasteiger partial charge in [0.2, 0.25) is 5.91 Å². The number of hydrogen-bond acceptors (Lipinski definition) is 4. The van der Waals surface area contributed by atoms with E-state index in [-0.39, 0.29) is 18.4 Å². The van der Waals surface area contributed by atoms with E-state index in [2.05, 4.69) is 4.98 Å². The maximum atomic E-state index is 12.6. The van der Waals surface area contributed by atoms with E-state index in [1.54, 1.807) is 11.1 Å². The zero-order valence-corrected chi connectivity index (χ0v) is 11.8. The Morgan fingerprint density at radius 1 is 1.50 bits per heavy atom. The van der Waals surface area contributed by atoms with Crippen molar-refractivity contribution < 1.29 is 14.3 Å². The van der Waals surface area contributed by atoms with E-state index >= 15 is 0 Å². The SMILES string of the molecule is Cc1cnc(C(=O)N2CCOCC2CC(N)=O)c(C)c1. The zero-order chi connectivity index (χ0) is 14.7. The minimum Gasteiger partial charge on any atom is -0.377 e. The number of aryl methyl sites for hydroxylation is 2. The van der Waals surface area contributed by atoms with Gasteiger partial charge in [0, 0.05) is 19.2 Å². The number of aromatic nitrogens is 1. The van der Waals surface area contributed by atoms with Crippen molar-refractivity contribution in [1.29, 1.82) is 0 Å². The highest BCUT2D eigenvalue weighted by molar-refractivity contribution is 5.94. The van der Waals surface area contributed by atoms with Crippen molar-refractivity contribution in [3.63, 3.8) is 0 Å². The summed E-state index contributed by atoms with van der Waals surface area (Å²) in [5.74, 6) is -0.607. The molecule has 1 saturated heterocycles. The summed E-state index contributed by atoms with van der Waals surface area (Å²) in [4.78, 5) is 29.5. The Bertz CT molecular complexity index is 530. The minimum atomic E-state index is -0.438. The number of amides is 2. The Balaban J connectivity index is 2.22. The van der Waals surface area contributed by atoms with Gasteiger partial charge in [0.15, 0.2) is 0 Å². The zero-order valence-electron chi connectivity index (χ0n) is 11.8. The van der Waals surface area contributed by atoms with Gasteiger partial charge >= 0.3 is 0 Å². The molecule has 2 rings (SSSR count). The van der Waals surface area contributed by atoms with Crippen molar-refractivity contribution >= 4 is 11.8 Å². The van der Waals surface area contributed by atoms with Crippen LogP contribution in [0.15, 0.2) is 12.3 Å². The predicted molar refractivity (Wildman–Crippen MR) is 73.2 cm³/mol. The standard InChI is InChI=1S/C14H19N3O3/c1-9-5-10(2)13(16-7-9)14(19)17-3-4-20-8-11(17)6-12(15)18/h5,7,11H,3-4,6,8H2,1-2H3,(H2,15,18). The molecule has 1 fully saturated rings. The van der Waals surface area contributed by atoms with Crippen LogP contribution >= 0.6 is 0 Å². The summed E-state index contributed by atoms with van der Waals surface area (Å²) >= 11 is 0. The number of hydrogen-bond donors (Lipinski definition) is 1. The molecule has 1 aromatic heterocycles. The molecule has 0 saturated carbocycles. The van der Waals surface area contributed by atoms with Crippen molar-refractivity contribution in [2.24, 2.45) is 5.73 Å². The van der Waals surface area contributed by atoms with E-state index in [1.165, 1.54) is 0 Å². The smallest absolute Gasteiger partial charge is 0.273 e. The van der Waals surface area contributed by atoms with Gasteiger partial charge in [0.05, 0.1) is 19.3 Å². The first-order chi connectivity index (χ1) is 9.49. The molecule has 108 valence electrons. The van der Waals surface area contributed by atoms with E-state index in [0.717, 1.165) is 11.1 Å². The van der Waals surface area contributed by atoms with E-state index < -0.39 is 5.91 Å². The Morgan fingerprint density at radius 3 is 2.90 bits per heavy atom. The van der Waals surface area contributed by atoms with Gasteiger partial charge in [-0.15, -0.1) is 0 Å². The molecule has 1 atom stereocenters. The average Bonchev–Trinajstić information content (AvgIpc) is 2.38. The second kappa shape index (κ2) is 6.00. The monoisotopic (exact) mass is 277 g/mol. The van der Waals surface area contributed by atoms with Crippen LogP contribution in [0.1, 0.15) is 28.0 Å². The second-order valence-electron chi connectivity index (χ2n) is 5.08. The van der Waals surface area contributed by atoms with Crippen LogP contribution in [0, 0.1) is 13.8 Å². The molecule has 0 aromatic carbocycles. The number of carbonyl (C=O) groups is 2. The number of morpholine rings is 1. The first kappa shape index (κ1) is 14.5. The van der Waals surface area contributed by atoms with Crippen molar-refractivity contribution in [3.05, 3.63) is 29.1 Å². The fourth-order valence-corrected chi connectivity index (χ4v) is 2.40. The number of primary amides is 1. The van der Waals surface area contributed by atoms with Crippen LogP contribution in [0.4, 0.5) is 0 Å². The highest BCUT2D eigenvalue weighted by Crippen LogP contribution is 2.16. The molecular weight excluding hydrogens is 258 g/mol. The molecule has 20 heavy (non-hydrogen) atoms. The lowest BCUT2D eigenvalue weighted by atomic mass is 10.1. The summed E-state index contributed by atoms with van der Waals surface area (Å²) in [7, 11) is 0. The number of nitrogens with two attached hydrogens (primary N) is 1. The highest BCUT2D eigenvalue weighted by atomic mass is 16.5. The van der Waals surface area contributed by atoms with Crippen LogP contribution < -0.4 is 5.73 Å². The Labute approximate surface area is 117 Å². The maximum Gasteiger partial charge on any atom is 0.273 e. The molecule has 0 radical (unpaired) electrons. The first-order valence-electron chi connectivity index (χ1n) is 6.59. The lowest BCUT2D eigenvalue weighted by molar-refractivity contribution is -0.120. The number of ether oxygens (including phenoxy) is 1. The third-order valence-corrected chi connectivity index (χ3v) is 3.34. The fraction of sp³-hybridized carbons (Fsp3) is 0.500. The van der Waals surface area contributed by atoms with Crippen LogP contribution in [0.2, 0.25) is 0 Å². The summed E-state index contributed by atoms with van der Waals surface area (Å²) in [6.07, 6.45) is 1.78. The first-order valence-corrected chi connectivity index (χ1v) is 6.59. The molecule has 0 spiro atoms. The van der Waals surface area contributed by atoms with E-state index in [9.17, 15) is 9.59 Å². The Kier molecular flexibility index (Phi) is 4.34. The molecule has 0 aliphatic carbocycles. The Morgan fingerprint density at radius 2 is 2.25 bits per heavy atom. The molecular formula is C14H19N3O3. The molecule has 2 N–H and O–H groups in total. The lowest BCUT2D eigenvalue weighted by Gasteiger charge is -2.35. The quantitative estimate of drug-likeness (QED) is 0.867. The van der Waals surface area contributed by atoms with Gasteiger partial charge in [0.1, 0.15) is 5.69 Å². The summed E-state index contributed by atoms with van der Waals surface area (Å²) in [6, 6.07) is 1.61. The number of nitrogens with zero attached hydrogens (tertiary/aromatic N) is 2. The predicted octanol–water partition coefficient (Wildman–Crippen LogP) is 0.415. The molecule has 1 unspecified atom stereocenters. The number of pyridine rings is 1. The van der Waals surface area contributed by atoms with E-state index in [4.69, 9.17) is 10.5 Å². The molecule has 6 nitrogen and oxygen atoms in total. The molecule has 2 heterocycles. The third-order valence-electron chi connectivity index (χ3n) is 3.34. The van der Waals surface area contributed by atoms with Gasteiger partial charge in [0.25, 0.3) is 5.91 Å². The minimum absolute atomic E-state index is 0.108. The summed E-state index contributed by atoms with van der Waals surface area (Å²) in [5.41, 5.74) is 7.49. The van der Waals surface area contributed by atoms with Gasteiger partial charge in [-0.3, -0.25) is 14.6 Å². The Hall–Kier alpha value is -1.95.